The molecule has 3 aromatic rings. The summed E-state index contributed by atoms with van der Waals surface area (Å²) >= 11 is 0. The lowest BCUT2D eigenvalue weighted by Crippen LogP contribution is -2.02. The summed E-state index contributed by atoms with van der Waals surface area (Å²) in [5.74, 6) is 0.305. The van der Waals surface area contributed by atoms with Crippen molar-refractivity contribution in [2.45, 2.75) is 0 Å². The van der Waals surface area contributed by atoms with Crippen LogP contribution in [0.5, 0.6) is 0 Å². The Morgan fingerprint density at radius 1 is 1.12 bits per heavy atom. The fourth-order valence-electron chi connectivity index (χ4n) is 1.61. The Kier molecular flexibility index (Phi) is 2.13. The highest BCUT2D eigenvalue weighted by Gasteiger charge is 2.06. The quantitative estimate of drug-likeness (QED) is 0.634. The van der Waals surface area contributed by atoms with Gasteiger partial charge in [-0.1, -0.05) is 24.3 Å². The molecule has 0 N–H and O–H groups in total. The highest BCUT2D eigenvalue weighted by Crippen LogP contribution is 2.16. The lowest BCUT2D eigenvalue weighted by molar-refractivity contribution is 0.518. The summed E-state index contributed by atoms with van der Waals surface area (Å²) in [6, 6.07) is 18.1. The molecule has 0 bridgehead atoms. The Morgan fingerprint density at radius 3 is 2.76 bits per heavy atom. The maximum absolute atomic E-state index is 11.7. The van der Waals surface area contributed by atoms with Crippen molar-refractivity contribution in [1.82, 2.24) is 4.98 Å². The molecule has 3 rings (SSSR count). The zero-order valence-corrected chi connectivity index (χ0v) is 8.81. The summed E-state index contributed by atoms with van der Waals surface area (Å²) in [5.41, 5.74) is 0.838. The van der Waals surface area contributed by atoms with Crippen molar-refractivity contribution in [1.29, 1.82) is 0 Å². The van der Waals surface area contributed by atoms with Gasteiger partial charge in [0, 0.05) is 5.56 Å². The maximum Gasteiger partial charge on any atom is 0.347 e. The second-order valence-corrected chi connectivity index (χ2v) is 3.54. The average molecular weight is 221 g/mol. The summed E-state index contributed by atoms with van der Waals surface area (Å²) in [4.78, 5) is 16.0. The van der Waals surface area contributed by atoms with Crippen LogP contribution >= 0.6 is 0 Å². The third-order valence-electron chi connectivity index (χ3n) is 2.42. The molecular formula is C14H7NO2. The van der Waals surface area contributed by atoms with Crippen LogP contribution in [0.3, 0.4) is 0 Å². The molecule has 17 heavy (non-hydrogen) atoms. The van der Waals surface area contributed by atoms with Crippen molar-refractivity contribution >= 4 is 10.9 Å². The van der Waals surface area contributed by atoms with Crippen LogP contribution < -0.4 is 5.63 Å². The fourth-order valence-corrected chi connectivity index (χ4v) is 1.61. The molecule has 80 valence electrons. The van der Waals surface area contributed by atoms with Gasteiger partial charge in [-0.15, -0.1) is 0 Å². The molecule has 0 fully saturated rings. The van der Waals surface area contributed by atoms with Gasteiger partial charge in [-0.2, -0.15) is 0 Å². The minimum absolute atomic E-state index is 0.305. The van der Waals surface area contributed by atoms with Crippen LogP contribution in [0.4, 0.5) is 0 Å². The van der Waals surface area contributed by atoms with E-state index in [9.17, 15) is 4.79 Å². The number of hydrogen-bond acceptors (Lipinski definition) is 3. The van der Waals surface area contributed by atoms with Gasteiger partial charge in [0.1, 0.15) is 5.52 Å². The summed E-state index contributed by atoms with van der Waals surface area (Å²) in [6.45, 7) is 0. The molecule has 0 aliphatic heterocycles. The van der Waals surface area contributed by atoms with Crippen molar-refractivity contribution in [3.63, 3.8) is 0 Å². The van der Waals surface area contributed by atoms with Gasteiger partial charge in [0.25, 0.3) is 0 Å². The van der Waals surface area contributed by atoms with Gasteiger partial charge in [-0.25, -0.2) is 9.78 Å². The highest BCUT2D eigenvalue weighted by atomic mass is 16.4. The molecule has 0 radical (unpaired) electrons. The molecule has 3 nitrogen and oxygen atoms in total. The normalized spacial score (nSPS) is 10.1. The van der Waals surface area contributed by atoms with E-state index in [1.165, 1.54) is 0 Å². The van der Waals surface area contributed by atoms with Crippen molar-refractivity contribution < 1.29 is 4.42 Å². The second kappa shape index (κ2) is 3.76. The summed E-state index contributed by atoms with van der Waals surface area (Å²) in [5, 5.41) is 0.420. The van der Waals surface area contributed by atoms with E-state index in [2.05, 4.69) is 17.1 Å². The van der Waals surface area contributed by atoms with Crippen LogP contribution in [0, 0.1) is 12.1 Å². The largest absolute Gasteiger partial charge is 0.403 e. The zero-order valence-electron chi connectivity index (χ0n) is 8.81. The van der Waals surface area contributed by atoms with E-state index in [0.29, 0.717) is 16.8 Å². The molecule has 0 atom stereocenters. The molecule has 2 aromatic carbocycles. The molecule has 1 aromatic heterocycles. The van der Waals surface area contributed by atoms with E-state index in [-0.39, 0.29) is 0 Å². The highest BCUT2D eigenvalue weighted by molar-refractivity contribution is 5.76. The van der Waals surface area contributed by atoms with Gasteiger partial charge < -0.3 is 4.42 Å². The number of nitrogens with zero attached hydrogens (tertiary/aromatic N) is 1. The predicted molar refractivity (Wildman–Crippen MR) is 63.4 cm³/mol. The SMILES string of the molecule is O=c1oc(-c2ccccc2)nc2c#cccc12. The lowest BCUT2D eigenvalue weighted by Gasteiger charge is -1.99. The van der Waals surface area contributed by atoms with Crippen molar-refractivity contribution in [2.24, 2.45) is 0 Å². The first-order valence-corrected chi connectivity index (χ1v) is 5.13. The number of rotatable bonds is 1. The average Bonchev–Trinajstić information content (AvgIpc) is 2.40. The molecule has 0 saturated carbocycles. The molecule has 0 aliphatic rings. The van der Waals surface area contributed by atoms with Crippen LogP contribution in [0.2, 0.25) is 0 Å². The van der Waals surface area contributed by atoms with Crippen molar-refractivity contribution in [3.05, 3.63) is 65.0 Å². The molecule has 3 heteroatoms. The summed E-state index contributed by atoms with van der Waals surface area (Å²) in [6.07, 6.45) is 0. The van der Waals surface area contributed by atoms with Crippen molar-refractivity contribution in [2.75, 3.05) is 0 Å². The van der Waals surface area contributed by atoms with Crippen LogP contribution in [0.15, 0.2) is 51.7 Å². The lowest BCUT2D eigenvalue weighted by atomic mass is 10.2. The van der Waals surface area contributed by atoms with Crippen LogP contribution in [-0.4, -0.2) is 4.98 Å². The molecule has 0 unspecified atom stereocenters. The number of benzene rings is 1. The molecule has 0 saturated heterocycles. The smallest absolute Gasteiger partial charge is 0.347 e. The third-order valence-corrected chi connectivity index (χ3v) is 2.42. The standard InChI is InChI=1S/C14H7NO2/c16-14-11-8-4-5-9-12(11)15-13(17-14)10-6-2-1-3-7-10/h1-4,6-8H. The molecule has 0 spiro atoms. The molecule has 0 aliphatic carbocycles. The zero-order chi connectivity index (χ0) is 11.7. The maximum atomic E-state index is 11.7. The van der Waals surface area contributed by atoms with E-state index in [4.69, 9.17) is 4.42 Å². The predicted octanol–water partition coefficient (Wildman–Crippen LogP) is 2.46. The Hall–Kier alpha value is -2.60. The van der Waals surface area contributed by atoms with E-state index in [1.807, 2.05) is 30.3 Å². The van der Waals surface area contributed by atoms with E-state index >= 15 is 0 Å². The monoisotopic (exact) mass is 221 g/mol. The summed E-state index contributed by atoms with van der Waals surface area (Å²) in [7, 11) is 0. The van der Waals surface area contributed by atoms with E-state index in [1.54, 1.807) is 12.1 Å². The number of aromatic nitrogens is 1. The van der Waals surface area contributed by atoms with Crippen LogP contribution in [0.25, 0.3) is 22.4 Å². The fraction of sp³-hybridized carbons (Fsp3) is 0. The van der Waals surface area contributed by atoms with Gasteiger partial charge in [0.15, 0.2) is 0 Å². The van der Waals surface area contributed by atoms with Gasteiger partial charge in [-0.3, -0.25) is 0 Å². The van der Waals surface area contributed by atoms with Gasteiger partial charge in [0.05, 0.1) is 5.39 Å². The van der Waals surface area contributed by atoms with Gasteiger partial charge in [-0.05, 0) is 30.3 Å². The Balaban J connectivity index is 2.30. The minimum atomic E-state index is -0.404. The Bertz CT molecular complexity index is 717. The van der Waals surface area contributed by atoms with Gasteiger partial charge >= 0.3 is 5.63 Å². The Labute approximate surface area is 97.4 Å². The van der Waals surface area contributed by atoms with Crippen LogP contribution in [-0.2, 0) is 0 Å². The van der Waals surface area contributed by atoms with Gasteiger partial charge in [0.2, 0.25) is 5.89 Å². The first-order valence-electron chi connectivity index (χ1n) is 5.13. The third kappa shape index (κ3) is 1.66. The Morgan fingerprint density at radius 2 is 1.94 bits per heavy atom. The van der Waals surface area contributed by atoms with E-state index in [0.717, 1.165) is 5.56 Å². The minimum Gasteiger partial charge on any atom is -0.403 e. The van der Waals surface area contributed by atoms with E-state index < -0.39 is 5.63 Å². The topological polar surface area (TPSA) is 43.1 Å². The molecule has 0 amide bonds. The van der Waals surface area contributed by atoms with Crippen LogP contribution in [0.1, 0.15) is 0 Å². The first kappa shape index (κ1) is 9.61. The summed E-state index contributed by atoms with van der Waals surface area (Å²) < 4.78 is 5.18. The second-order valence-electron chi connectivity index (χ2n) is 3.54. The first-order chi connectivity index (χ1) is 8.34. The van der Waals surface area contributed by atoms with Crippen molar-refractivity contribution in [3.8, 4) is 11.5 Å². The molecular weight excluding hydrogens is 214 g/mol. The number of fused-ring (bicyclic) bond motifs is 1. The molecule has 1 heterocycles. The number of hydrogen-bond donors (Lipinski definition) is 0.